The number of aromatic nitrogens is 1. The van der Waals surface area contributed by atoms with Crippen LogP contribution in [0.25, 0.3) is 11.1 Å². The summed E-state index contributed by atoms with van der Waals surface area (Å²) in [4.78, 5) is 29.7. The Labute approximate surface area is 178 Å². The number of aliphatic hydroxyl groups excluding tert-OH is 1. The summed E-state index contributed by atoms with van der Waals surface area (Å²) in [5.41, 5.74) is 2.08. The van der Waals surface area contributed by atoms with Gasteiger partial charge in [0.15, 0.2) is 5.58 Å². The first-order valence-corrected chi connectivity index (χ1v) is 10.6. The summed E-state index contributed by atoms with van der Waals surface area (Å²) in [7, 11) is 0. The topological polar surface area (TPSA) is 119 Å². The van der Waals surface area contributed by atoms with Crippen LogP contribution in [-0.2, 0) is 10.2 Å². The van der Waals surface area contributed by atoms with E-state index in [4.69, 9.17) is 4.42 Å². The summed E-state index contributed by atoms with van der Waals surface area (Å²) < 4.78 is 5.07. The Morgan fingerprint density at radius 2 is 2.13 bits per heavy atom. The summed E-state index contributed by atoms with van der Waals surface area (Å²) in [6.07, 6.45) is 1.82. The third-order valence-corrected chi connectivity index (χ3v) is 6.42. The van der Waals surface area contributed by atoms with E-state index in [1.54, 1.807) is 24.3 Å². The van der Waals surface area contributed by atoms with Gasteiger partial charge in [-0.3, -0.25) is 14.7 Å². The van der Waals surface area contributed by atoms with Gasteiger partial charge in [0.1, 0.15) is 5.75 Å². The standard InChI is InChI=1S/C23H25N3O5/c27-16-3-1-2-14(10-16)19(13-26-9-6-17(28)12-26)24-21(29)23(7-8-23)15-4-5-20-18(11-15)25-22(30)31-20/h1-5,10-11,17,19,27-28H,6-9,12-13H2,(H,24,29)(H,25,30)/t17-,19+/m0/s1. The van der Waals surface area contributed by atoms with Gasteiger partial charge < -0.3 is 19.9 Å². The molecule has 0 radical (unpaired) electrons. The van der Waals surface area contributed by atoms with E-state index in [1.165, 1.54) is 0 Å². The maximum atomic E-state index is 13.4. The average Bonchev–Trinajstić information content (AvgIpc) is 3.32. The maximum Gasteiger partial charge on any atom is 0.417 e. The van der Waals surface area contributed by atoms with E-state index in [0.717, 1.165) is 30.5 Å². The lowest BCUT2D eigenvalue weighted by atomic mass is 9.93. The van der Waals surface area contributed by atoms with Crippen molar-refractivity contribution in [2.45, 2.75) is 36.8 Å². The van der Waals surface area contributed by atoms with Crippen LogP contribution < -0.4 is 11.1 Å². The van der Waals surface area contributed by atoms with Gasteiger partial charge in [-0.05, 0) is 54.7 Å². The molecule has 5 rings (SSSR count). The fourth-order valence-electron chi connectivity index (χ4n) is 4.53. The molecule has 162 valence electrons. The highest BCUT2D eigenvalue weighted by molar-refractivity contribution is 5.92. The lowest BCUT2D eigenvalue weighted by Crippen LogP contribution is -2.42. The number of phenols is 1. The molecular formula is C23H25N3O5. The monoisotopic (exact) mass is 423 g/mol. The zero-order chi connectivity index (χ0) is 21.6. The van der Waals surface area contributed by atoms with E-state index in [1.807, 2.05) is 18.2 Å². The van der Waals surface area contributed by atoms with Crippen LogP contribution in [0.4, 0.5) is 0 Å². The smallest absolute Gasteiger partial charge is 0.417 e. The predicted molar refractivity (Wildman–Crippen MR) is 114 cm³/mol. The first kappa shape index (κ1) is 19.8. The van der Waals surface area contributed by atoms with Crippen molar-refractivity contribution in [3.05, 3.63) is 64.1 Å². The third-order valence-electron chi connectivity index (χ3n) is 6.42. The Morgan fingerprint density at radius 1 is 1.29 bits per heavy atom. The molecule has 1 aliphatic heterocycles. The molecule has 31 heavy (non-hydrogen) atoms. The van der Waals surface area contributed by atoms with Crippen LogP contribution >= 0.6 is 0 Å². The van der Waals surface area contributed by atoms with Crippen molar-refractivity contribution in [2.75, 3.05) is 19.6 Å². The molecule has 2 heterocycles. The number of benzene rings is 2. The zero-order valence-electron chi connectivity index (χ0n) is 17.0. The Bertz CT molecular complexity index is 1180. The molecule has 1 amide bonds. The molecule has 2 fully saturated rings. The van der Waals surface area contributed by atoms with Crippen LogP contribution in [0.15, 0.2) is 51.7 Å². The Kier molecular flexibility index (Phi) is 4.83. The van der Waals surface area contributed by atoms with Crippen molar-refractivity contribution >= 4 is 17.0 Å². The van der Waals surface area contributed by atoms with Crippen LogP contribution in [0.5, 0.6) is 5.75 Å². The SMILES string of the molecule is O=C(N[C@H](CN1CC[C@H](O)C1)c1cccc(O)c1)C1(c2ccc3oc(=O)[nH]c3c2)CC1. The van der Waals surface area contributed by atoms with Gasteiger partial charge in [0.25, 0.3) is 0 Å². The van der Waals surface area contributed by atoms with Gasteiger partial charge in [0.2, 0.25) is 5.91 Å². The highest BCUT2D eigenvalue weighted by Gasteiger charge is 2.52. The second kappa shape index (κ2) is 7.55. The highest BCUT2D eigenvalue weighted by atomic mass is 16.4. The van der Waals surface area contributed by atoms with Crippen molar-refractivity contribution in [3.63, 3.8) is 0 Å². The molecule has 1 saturated carbocycles. The van der Waals surface area contributed by atoms with E-state index in [-0.39, 0.29) is 23.8 Å². The minimum Gasteiger partial charge on any atom is -0.508 e. The number of aromatic amines is 1. The Balaban J connectivity index is 1.40. The van der Waals surface area contributed by atoms with E-state index in [0.29, 0.717) is 30.6 Å². The Morgan fingerprint density at radius 3 is 2.84 bits per heavy atom. The molecule has 0 bridgehead atoms. The predicted octanol–water partition coefficient (Wildman–Crippen LogP) is 1.78. The zero-order valence-corrected chi connectivity index (χ0v) is 17.0. The van der Waals surface area contributed by atoms with Crippen molar-refractivity contribution in [1.29, 1.82) is 0 Å². The normalized spacial score (nSPS) is 21.3. The fraction of sp³-hybridized carbons (Fsp3) is 0.391. The highest BCUT2D eigenvalue weighted by Crippen LogP contribution is 2.49. The third kappa shape index (κ3) is 3.84. The van der Waals surface area contributed by atoms with Crippen LogP contribution in [0, 0.1) is 0 Å². The summed E-state index contributed by atoms with van der Waals surface area (Å²) in [5, 5.41) is 23.0. The second-order valence-electron chi connectivity index (χ2n) is 8.63. The number of fused-ring (bicyclic) bond motifs is 1. The lowest BCUT2D eigenvalue weighted by molar-refractivity contribution is -0.124. The summed E-state index contributed by atoms with van der Waals surface area (Å²) in [6, 6.07) is 12.0. The molecule has 8 heteroatoms. The van der Waals surface area contributed by atoms with Crippen LogP contribution in [-0.4, -0.2) is 51.7 Å². The van der Waals surface area contributed by atoms with Crippen molar-refractivity contribution in [1.82, 2.24) is 15.2 Å². The number of aliphatic hydroxyl groups is 1. The number of nitrogens with one attached hydrogen (secondary N) is 2. The molecule has 0 unspecified atom stereocenters. The first-order valence-electron chi connectivity index (χ1n) is 10.6. The molecule has 1 aromatic heterocycles. The number of phenolic OH excluding ortho intramolecular Hbond substituents is 1. The van der Waals surface area contributed by atoms with Gasteiger partial charge in [-0.2, -0.15) is 0 Å². The molecule has 2 aromatic carbocycles. The lowest BCUT2D eigenvalue weighted by Gasteiger charge is -2.27. The number of rotatable bonds is 6. The fourth-order valence-corrected chi connectivity index (χ4v) is 4.53. The van der Waals surface area contributed by atoms with Gasteiger partial charge >= 0.3 is 5.76 Å². The van der Waals surface area contributed by atoms with E-state index in [9.17, 15) is 19.8 Å². The van der Waals surface area contributed by atoms with Gasteiger partial charge in [0.05, 0.1) is 23.1 Å². The van der Waals surface area contributed by atoms with Gasteiger partial charge in [-0.25, -0.2) is 4.79 Å². The molecule has 8 nitrogen and oxygen atoms in total. The molecular weight excluding hydrogens is 398 g/mol. The summed E-state index contributed by atoms with van der Waals surface area (Å²) >= 11 is 0. The number of hydrogen-bond acceptors (Lipinski definition) is 6. The molecule has 1 saturated heterocycles. The second-order valence-corrected chi connectivity index (χ2v) is 8.63. The molecule has 2 aliphatic rings. The largest absolute Gasteiger partial charge is 0.508 e. The number of aromatic hydroxyl groups is 1. The minimum absolute atomic E-state index is 0.0780. The number of carbonyl (C=O) groups excluding carboxylic acids is 1. The van der Waals surface area contributed by atoms with Gasteiger partial charge in [-0.1, -0.05) is 18.2 Å². The number of β-amino-alcohol motifs (C(OH)–C–C–N with tert-alkyl or cyclic N) is 1. The molecule has 0 spiro atoms. The van der Waals surface area contributed by atoms with Gasteiger partial charge in [0, 0.05) is 19.6 Å². The Hall–Kier alpha value is -3.10. The number of oxazole rings is 1. The van der Waals surface area contributed by atoms with E-state index < -0.39 is 11.2 Å². The molecule has 3 aromatic rings. The van der Waals surface area contributed by atoms with Crippen LogP contribution in [0.1, 0.15) is 36.4 Å². The number of carbonyl (C=O) groups is 1. The van der Waals surface area contributed by atoms with E-state index >= 15 is 0 Å². The molecule has 2 atom stereocenters. The molecule has 4 N–H and O–H groups in total. The molecule has 1 aliphatic carbocycles. The first-order chi connectivity index (χ1) is 14.9. The quantitative estimate of drug-likeness (QED) is 0.480. The van der Waals surface area contributed by atoms with Crippen molar-refractivity contribution in [3.8, 4) is 5.75 Å². The number of likely N-dealkylation sites (tertiary alicyclic amines) is 1. The minimum atomic E-state index is -0.637. The number of H-pyrrole nitrogens is 1. The number of amides is 1. The summed E-state index contributed by atoms with van der Waals surface area (Å²) in [5.74, 6) is -0.447. The van der Waals surface area contributed by atoms with Crippen molar-refractivity contribution in [2.24, 2.45) is 0 Å². The average molecular weight is 423 g/mol. The van der Waals surface area contributed by atoms with E-state index in [2.05, 4.69) is 15.2 Å². The van der Waals surface area contributed by atoms with Crippen LogP contribution in [0.2, 0.25) is 0 Å². The van der Waals surface area contributed by atoms with Crippen LogP contribution in [0.3, 0.4) is 0 Å². The maximum absolute atomic E-state index is 13.4. The summed E-state index contributed by atoms with van der Waals surface area (Å²) in [6.45, 7) is 1.89. The van der Waals surface area contributed by atoms with Gasteiger partial charge in [-0.15, -0.1) is 0 Å². The van der Waals surface area contributed by atoms with Crippen molar-refractivity contribution < 1.29 is 19.4 Å². The number of nitrogens with zero attached hydrogens (tertiary/aromatic N) is 1. The number of hydrogen-bond donors (Lipinski definition) is 4.